The summed E-state index contributed by atoms with van der Waals surface area (Å²) in [6.45, 7) is 4.32. The van der Waals surface area contributed by atoms with E-state index in [1.165, 1.54) is 6.20 Å². The molecule has 2 aliphatic rings. The number of morpholine rings is 1. The number of halogens is 4. The van der Waals surface area contributed by atoms with Crippen LogP contribution in [0.4, 0.5) is 23.8 Å². The van der Waals surface area contributed by atoms with Gasteiger partial charge in [-0.2, -0.15) is 13.2 Å². The average molecular weight is 463 g/mol. The van der Waals surface area contributed by atoms with E-state index in [0.717, 1.165) is 0 Å². The van der Waals surface area contributed by atoms with Crippen LogP contribution < -0.4 is 5.32 Å². The number of hydrogen-bond acceptors (Lipinski definition) is 7. The summed E-state index contributed by atoms with van der Waals surface area (Å²) in [6.07, 6.45) is -3.29. The van der Waals surface area contributed by atoms with Gasteiger partial charge < -0.3 is 19.9 Å². The van der Waals surface area contributed by atoms with Crippen LogP contribution in [0, 0.1) is 0 Å². The zero-order valence-corrected chi connectivity index (χ0v) is 17.4. The molecule has 0 unspecified atom stereocenters. The summed E-state index contributed by atoms with van der Waals surface area (Å²) >= 11 is 6.62. The fourth-order valence-corrected chi connectivity index (χ4v) is 4.30. The van der Waals surface area contributed by atoms with E-state index in [1.807, 2.05) is 0 Å². The number of thiazole rings is 1. The third-order valence-corrected chi connectivity index (χ3v) is 6.25. The molecule has 0 spiro atoms. The summed E-state index contributed by atoms with van der Waals surface area (Å²) in [6, 6.07) is -0.610. The molecule has 162 valence electrons. The predicted octanol–water partition coefficient (Wildman–Crippen LogP) is 3.55. The van der Waals surface area contributed by atoms with Crippen molar-refractivity contribution in [3.05, 3.63) is 32.6 Å². The van der Waals surface area contributed by atoms with E-state index in [-0.39, 0.29) is 24.4 Å². The summed E-state index contributed by atoms with van der Waals surface area (Å²) in [5.74, 6) is 0.400. The number of aromatic nitrogens is 3. The van der Waals surface area contributed by atoms with Gasteiger partial charge in [0.25, 0.3) is 0 Å². The molecule has 0 radical (unpaired) electrons. The van der Waals surface area contributed by atoms with E-state index in [2.05, 4.69) is 20.3 Å². The molecule has 0 saturated carbocycles. The van der Waals surface area contributed by atoms with Gasteiger partial charge in [-0.1, -0.05) is 0 Å². The number of amides is 2. The number of anilines is 1. The van der Waals surface area contributed by atoms with E-state index in [4.69, 9.17) is 16.3 Å². The summed E-state index contributed by atoms with van der Waals surface area (Å²) in [7, 11) is 0. The van der Waals surface area contributed by atoms with Crippen molar-refractivity contribution in [2.24, 2.45) is 0 Å². The average Bonchev–Trinajstić information content (AvgIpc) is 3.35. The Morgan fingerprint density at radius 2 is 2.00 bits per heavy atom. The minimum absolute atomic E-state index is 0.00408. The maximum Gasteiger partial charge on any atom is 0.443 e. The van der Waals surface area contributed by atoms with Crippen molar-refractivity contribution in [2.45, 2.75) is 32.2 Å². The molecule has 1 atom stereocenters. The van der Waals surface area contributed by atoms with Crippen molar-refractivity contribution in [3.8, 4) is 0 Å². The number of carbonyl (C=O) groups excluding carboxylic acids is 1. The molecule has 2 aromatic heterocycles. The van der Waals surface area contributed by atoms with Crippen molar-refractivity contribution in [1.29, 1.82) is 0 Å². The normalized spacial score (nSPS) is 17.8. The van der Waals surface area contributed by atoms with Crippen molar-refractivity contribution in [2.75, 3.05) is 31.6 Å². The molecule has 0 aromatic carbocycles. The minimum Gasteiger partial charge on any atom is -0.378 e. The first-order chi connectivity index (χ1) is 14.2. The van der Waals surface area contributed by atoms with Crippen LogP contribution in [-0.4, -0.2) is 57.1 Å². The van der Waals surface area contributed by atoms with Crippen LogP contribution in [0.1, 0.15) is 34.1 Å². The Hall–Kier alpha value is -2.18. The first-order valence-corrected chi connectivity index (χ1v) is 10.4. The maximum absolute atomic E-state index is 12.8. The number of urea groups is 1. The first-order valence-electron chi connectivity index (χ1n) is 9.18. The highest BCUT2D eigenvalue weighted by molar-refractivity contribution is 7.11. The molecule has 0 bridgehead atoms. The van der Waals surface area contributed by atoms with Gasteiger partial charge in [-0.15, -0.1) is 11.3 Å². The fourth-order valence-electron chi connectivity index (χ4n) is 3.33. The lowest BCUT2D eigenvalue weighted by molar-refractivity contribution is -0.137. The molecular formula is C17H18ClF3N6O2S. The Morgan fingerprint density at radius 1 is 1.27 bits per heavy atom. The van der Waals surface area contributed by atoms with Gasteiger partial charge in [0.2, 0.25) is 5.28 Å². The molecule has 2 aliphatic heterocycles. The van der Waals surface area contributed by atoms with Gasteiger partial charge in [0.15, 0.2) is 5.01 Å². The molecule has 4 heterocycles. The highest BCUT2D eigenvalue weighted by Crippen LogP contribution is 2.36. The molecule has 2 amide bonds. The Kier molecular flexibility index (Phi) is 5.73. The lowest BCUT2D eigenvalue weighted by Gasteiger charge is -2.30. The van der Waals surface area contributed by atoms with Crippen molar-refractivity contribution < 1.29 is 22.7 Å². The molecular weight excluding hydrogens is 445 g/mol. The molecule has 1 saturated heterocycles. The lowest BCUT2D eigenvalue weighted by atomic mass is 10.2. The van der Waals surface area contributed by atoms with Gasteiger partial charge in [0.05, 0.1) is 38.0 Å². The van der Waals surface area contributed by atoms with Crippen LogP contribution in [0.2, 0.25) is 5.28 Å². The summed E-state index contributed by atoms with van der Waals surface area (Å²) in [4.78, 5) is 28.4. The Bertz CT molecular complexity index is 950. The number of nitrogens with one attached hydrogen (secondary N) is 1. The number of rotatable bonds is 3. The summed E-state index contributed by atoms with van der Waals surface area (Å²) in [5, 5.41) is 2.20. The molecule has 2 aromatic rings. The van der Waals surface area contributed by atoms with Gasteiger partial charge >= 0.3 is 12.2 Å². The monoisotopic (exact) mass is 462 g/mol. The highest BCUT2D eigenvalue weighted by atomic mass is 35.5. The number of hydrogen-bond donors (Lipinski definition) is 1. The van der Waals surface area contributed by atoms with E-state index < -0.39 is 17.2 Å². The zero-order chi connectivity index (χ0) is 21.5. The Labute approximate surface area is 179 Å². The van der Waals surface area contributed by atoms with Crippen LogP contribution in [-0.2, 0) is 24.0 Å². The third kappa shape index (κ3) is 4.30. The Morgan fingerprint density at radius 3 is 2.67 bits per heavy atom. The quantitative estimate of drug-likeness (QED) is 0.702. The first kappa shape index (κ1) is 21.1. The summed E-state index contributed by atoms with van der Waals surface area (Å²) < 4.78 is 43.8. The van der Waals surface area contributed by atoms with Gasteiger partial charge in [0.1, 0.15) is 5.82 Å². The van der Waals surface area contributed by atoms with Crippen LogP contribution in [0.5, 0.6) is 0 Å². The van der Waals surface area contributed by atoms with Gasteiger partial charge in [-0.05, 0) is 18.5 Å². The molecule has 30 heavy (non-hydrogen) atoms. The number of carbonyl (C=O) groups is 1. The molecule has 1 N–H and O–H groups in total. The zero-order valence-electron chi connectivity index (χ0n) is 15.9. The lowest BCUT2D eigenvalue weighted by Crippen LogP contribution is -2.46. The van der Waals surface area contributed by atoms with Crippen LogP contribution in [0.25, 0.3) is 0 Å². The number of alkyl halides is 3. The second-order valence-electron chi connectivity index (χ2n) is 6.94. The molecule has 13 heteroatoms. The smallest absolute Gasteiger partial charge is 0.378 e. The second-order valence-corrected chi connectivity index (χ2v) is 8.34. The fraction of sp³-hybridized carbons (Fsp3) is 0.529. The van der Waals surface area contributed by atoms with E-state index in [0.29, 0.717) is 59.6 Å². The number of fused-ring (bicyclic) bond motifs is 1. The van der Waals surface area contributed by atoms with Crippen LogP contribution >= 0.6 is 22.9 Å². The molecule has 1 fully saturated rings. The topological polar surface area (TPSA) is 83.5 Å². The van der Waals surface area contributed by atoms with E-state index >= 15 is 0 Å². The van der Waals surface area contributed by atoms with Crippen molar-refractivity contribution in [1.82, 2.24) is 24.8 Å². The second kappa shape index (κ2) is 8.16. The van der Waals surface area contributed by atoms with Crippen LogP contribution in [0.3, 0.4) is 0 Å². The van der Waals surface area contributed by atoms with Crippen molar-refractivity contribution >= 4 is 34.8 Å². The number of ether oxygens (including phenoxy) is 1. The minimum atomic E-state index is -4.48. The molecule has 4 rings (SSSR count). The molecule has 8 nitrogen and oxygen atoms in total. The van der Waals surface area contributed by atoms with Crippen LogP contribution in [0.15, 0.2) is 6.20 Å². The van der Waals surface area contributed by atoms with Crippen molar-refractivity contribution in [3.63, 3.8) is 0 Å². The molecule has 0 aliphatic carbocycles. The Balaban J connectivity index is 1.51. The van der Waals surface area contributed by atoms with Gasteiger partial charge in [-0.25, -0.2) is 19.7 Å². The summed E-state index contributed by atoms with van der Waals surface area (Å²) in [5.41, 5.74) is 1.32. The standard InChI is InChI=1S/C17H18ClF3N6O2S/c1-9(12-6-22-14(30-12)17(19,20)21)23-13-10-7-27(8-11(10)24-15(18)25-13)16(28)26-2-4-29-5-3-26/h6,9H,2-5,7-8H2,1H3,(H,23,24,25)/t9-/m1/s1. The predicted molar refractivity (Wildman–Crippen MR) is 103 cm³/mol. The maximum atomic E-state index is 12.8. The van der Waals surface area contributed by atoms with Gasteiger partial charge in [-0.3, -0.25) is 0 Å². The number of nitrogens with zero attached hydrogens (tertiary/aromatic N) is 5. The SMILES string of the molecule is C[C@@H](Nc1nc(Cl)nc2c1CN(C(=O)N1CCOCC1)C2)c1cnc(C(F)(F)F)s1. The largest absolute Gasteiger partial charge is 0.443 e. The van der Waals surface area contributed by atoms with E-state index in [1.54, 1.807) is 16.7 Å². The van der Waals surface area contributed by atoms with E-state index in [9.17, 15) is 18.0 Å². The third-order valence-electron chi connectivity index (χ3n) is 4.85. The van der Waals surface area contributed by atoms with Gasteiger partial charge in [0, 0.05) is 29.7 Å². The highest BCUT2D eigenvalue weighted by Gasteiger charge is 2.35.